The summed E-state index contributed by atoms with van der Waals surface area (Å²) in [6, 6.07) is 17.0. The predicted molar refractivity (Wildman–Crippen MR) is 104 cm³/mol. The summed E-state index contributed by atoms with van der Waals surface area (Å²) in [5.74, 6) is -0.773. The van der Waals surface area contributed by atoms with Gasteiger partial charge in [0.2, 0.25) is 0 Å². The Morgan fingerprint density at radius 1 is 1.04 bits per heavy atom. The summed E-state index contributed by atoms with van der Waals surface area (Å²) in [5, 5.41) is 2.62. The van der Waals surface area contributed by atoms with Crippen LogP contribution >= 0.6 is 0 Å². The number of benzene rings is 2. The number of nitrogens with one attached hydrogen (secondary N) is 1. The molecule has 0 aliphatic carbocycles. The lowest BCUT2D eigenvalue weighted by molar-refractivity contribution is -0.123. The number of rotatable bonds is 4. The maximum absolute atomic E-state index is 13.1. The van der Waals surface area contributed by atoms with Crippen molar-refractivity contribution in [1.29, 1.82) is 0 Å². The molecule has 1 fully saturated rings. The summed E-state index contributed by atoms with van der Waals surface area (Å²) in [6.45, 7) is 2.10. The topological polar surface area (TPSA) is 54.3 Å². The maximum atomic E-state index is 13.1. The van der Waals surface area contributed by atoms with Crippen molar-refractivity contribution in [1.82, 2.24) is 14.8 Å². The Morgan fingerprint density at radius 2 is 1.82 bits per heavy atom. The van der Waals surface area contributed by atoms with Gasteiger partial charge in [0, 0.05) is 17.6 Å². The molecule has 0 spiro atoms. The van der Waals surface area contributed by atoms with E-state index >= 15 is 0 Å². The molecule has 28 heavy (non-hydrogen) atoms. The number of aryl methyl sites for hydroxylation is 1. The van der Waals surface area contributed by atoms with E-state index in [1.165, 1.54) is 12.1 Å². The molecule has 0 atom stereocenters. The summed E-state index contributed by atoms with van der Waals surface area (Å²) in [7, 11) is 0. The van der Waals surface area contributed by atoms with Crippen LogP contribution in [0.3, 0.4) is 0 Å². The fraction of sp³-hybridized carbons (Fsp3) is 0.0909. The van der Waals surface area contributed by atoms with Crippen molar-refractivity contribution in [3.63, 3.8) is 0 Å². The lowest BCUT2D eigenvalue weighted by atomic mass is 10.2. The molecule has 2 aromatic carbocycles. The monoisotopic (exact) mass is 375 g/mol. The van der Waals surface area contributed by atoms with E-state index in [0.29, 0.717) is 5.56 Å². The van der Waals surface area contributed by atoms with Crippen molar-refractivity contribution in [3.8, 4) is 5.69 Å². The van der Waals surface area contributed by atoms with E-state index in [4.69, 9.17) is 0 Å². The van der Waals surface area contributed by atoms with Gasteiger partial charge in [-0.05, 0) is 60.5 Å². The van der Waals surface area contributed by atoms with E-state index in [1.807, 2.05) is 54.1 Å². The smallest absolute Gasteiger partial charge is 0.317 e. The highest BCUT2D eigenvalue weighted by Crippen LogP contribution is 2.20. The number of amides is 3. The molecule has 6 heteroatoms. The van der Waals surface area contributed by atoms with Crippen LogP contribution in [0.4, 0.5) is 9.18 Å². The van der Waals surface area contributed by atoms with Gasteiger partial charge in [-0.1, -0.05) is 24.3 Å². The zero-order valence-electron chi connectivity index (χ0n) is 15.2. The van der Waals surface area contributed by atoms with E-state index in [0.717, 1.165) is 21.8 Å². The molecule has 1 aromatic heterocycles. The lowest BCUT2D eigenvalue weighted by Crippen LogP contribution is -2.30. The van der Waals surface area contributed by atoms with Crippen LogP contribution in [-0.2, 0) is 11.3 Å². The molecule has 1 aliphatic heterocycles. The second kappa shape index (κ2) is 7.15. The summed E-state index contributed by atoms with van der Waals surface area (Å²) in [4.78, 5) is 26.1. The van der Waals surface area contributed by atoms with Gasteiger partial charge >= 0.3 is 6.03 Å². The van der Waals surface area contributed by atoms with Gasteiger partial charge in [0.15, 0.2) is 0 Å². The number of hydrogen-bond acceptors (Lipinski definition) is 2. The minimum Gasteiger partial charge on any atom is -0.317 e. The highest BCUT2D eigenvalue weighted by Gasteiger charge is 2.33. The lowest BCUT2D eigenvalue weighted by Gasteiger charge is -2.11. The average Bonchev–Trinajstić information content (AvgIpc) is 3.24. The highest BCUT2D eigenvalue weighted by atomic mass is 19.1. The third-order valence-corrected chi connectivity index (χ3v) is 4.57. The summed E-state index contributed by atoms with van der Waals surface area (Å²) < 4.78 is 15.0. The van der Waals surface area contributed by atoms with E-state index in [9.17, 15) is 14.0 Å². The van der Waals surface area contributed by atoms with Gasteiger partial charge in [0.25, 0.3) is 5.91 Å². The highest BCUT2D eigenvalue weighted by molar-refractivity contribution is 6.13. The molecule has 0 bridgehead atoms. The largest absolute Gasteiger partial charge is 0.329 e. The second-order valence-electron chi connectivity index (χ2n) is 6.65. The molecule has 1 saturated heterocycles. The predicted octanol–water partition coefficient (Wildman–Crippen LogP) is 4.02. The number of hydrogen-bond donors (Lipinski definition) is 1. The van der Waals surface area contributed by atoms with Gasteiger partial charge in [-0.25, -0.2) is 9.18 Å². The van der Waals surface area contributed by atoms with E-state index in [-0.39, 0.29) is 18.1 Å². The van der Waals surface area contributed by atoms with Crippen molar-refractivity contribution in [2.45, 2.75) is 13.5 Å². The van der Waals surface area contributed by atoms with Crippen LogP contribution in [0.15, 0.2) is 72.6 Å². The van der Waals surface area contributed by atoms with Crippen molar-refractivity contribution in [2.24, 2.45) is 0 Å². The third kappa shape index (κ3) is 3.44. The Morgan fingerprint density at radius 3 is 2.57 bits per heavy atom. The number of carbonyl (C=O) groups excluding carboxylic acids is 2. The van der Waals surface area contributed by atoms with Crippen LogP contribution in [0.1, 0.15) is 16.8 Å². The number of urea groups is 1. The Labute approximate surface area is 161 Å². The first-order chi connectivity index (χ1) is 13.5. The van der Waals surface area contributed by atoms with Crippen molar-refractivity contribution in [2.75, 3.05) is 0 Å². The van der Waals surface area contributed by atoms with Crippen molar-refractivity contribution < 1.29 is 14.0 Å². The van der Waals surface area contributed by atoms with Crippen LogP contribution in [0.2, 0.25) is 0 Å². The normalized spacial score (nSPS) is 15.4. The molecule has 1 N–H and O–H groups in total. The van der Waals surface area contributed by atoms with E-state index in [1.54, 1.807) is 18.2 Å². The number of halogens is 1. The Hall–Kier alpha value is -3.67. The molecule has 1 aliphatic rings. The maximum Gasteiger partial charge on any atom is 0.329 e. The Balaban J connectivity index is 1.60. The van der Waals surface area contributed by atoms with E-state index in [2.05, 4.69) is 5.32 Å². The molecule has 0 radical (unpaired) electrons. The van der Waals surface area contributed by atoms with Gasteiger partial charge in [0.1, 0.15) is 11.5 Å². The summed E-state index contributed by atoms with van der Waals surface area (Å²) in [5.41, 5.74) is 3.75. The molecule has 140 valence electrons. The van der Waals surface area contributed by atoms with Crippen molar-refractivity contribution in [3.05, 3.63) is 95.2 Å². The SMILES string of the molecule is Cc1cccc(-n2cccc2/C=C2/NC(=O)N(Cc3ccc(F)cc3)C2=O)c1. The first-order valence-corrected chi connectivity index (χ1v) is 8.85. The van der Waals surface area contributed by atoms with Gasteiger partial charge in [-0.2, -0.15) is 0 Å². The second-order valence-corrected chi connectivity index (χ2v) is 6.65. The fourth-order valence-electron chi connectivity index (χ4n) is 3.16. The van der Waals surface area contributed by atoms with Crippen LogP contribution < -0.4 is 5.32 Å². The van der Waals surface area contributed by atoms with Gasteiger partial charge < -0.3 is 9.88 Å². The van der Waals surface area contributed by atoms with Crippen LogP contribution in [0, 0.1) is 12.7 Å². The standard InChI is InChI=1S/C22H18FN3O2/c1-15-4-2-5-18(12-15)25-11-3-6-19(25)13-20-21(27)26(22(28)24-20)14-16-7-9-17(23)10-8-16/h2-13H,14H2,1H3,(H,24,28)/b20-13+. The zero-order valence-corrected chi connectivity index (χ0v) is 15.2. The Kier molecular flexibility index (Phi) is 4.53. The zero-order chi connectivity index (χ0) is 19.7. The average molecular weight is 375 g/mol. The van der Waals surface area contributed by atoms with Crippen LogP contribution in [0.5, 0.6) is 0 Å². The Bertz CT molecular complexity index is 1080. The molecular formula is C22H18FN3O2. The number of nitrogens with zero attached hydrogens (tertiary/aromatic N) is 2. The minimum atomic E-state index is -0.491. The third-order valence-electron chi connectivity index (χ3n) is 4.57. The van der Waals surface area contributed by atoms with Gasteiger partial charge in [0.05, 0.1) is 6.54 Å². The quantitative estimate of drug-likeness (QED) is 0.553. The summed E-state index contributed by atoms with van der Waals surface area (Å²) >= 11 is 0. The van der Waals surface area contributed by atoms with Gasteiger partial charge in [-0.3, -0.25) is 9.69 Å². The van der Waals surface area contributed by atoms with Crippen LogP contribution in [-0.4, -0.2) is 21.4 Å². The number of aromatic nitrogens is 1. The number of imide groups is 1. The van der Waals surface area contributed by atoms with Crippen molar-refractivity contribution >= 4 is 18.0 Å². The molecule has 0 saturated carbocycles. The van der Waals surface area contributed by atoms with Gasteiger partial charge in [-0.15, -0.1) is 0 Å². The first-order valence-electron chi connectivity index (χ1n) is 8.85. The molecular weight excluding hydrogens is 357 g/mol. The molecule has 5 nitrogen and oxygen atoms in total. The summed E-state index contributed by atoms with van der Waals surface area (Å²) in [6.07, 6.45) is 3.56. The number of carbonyl (C=O) groups is 2. The fourth-order valence-corrected chi connectivity index (χ4v) is 3.16. The molecule has 0 unspecified atom stereocenters. The molecule has 2 heterocycles. The minimum absolute atomic E-state index is 0.0845. The molecule has 3 aromatic rings. The first kappa shape index (κ1) is 17.7. The van der Waals surface area contributed by atoms with Crippen LogP contribution in [0.25, 0.3) is 11.8 Å². The van der Waals surface area contributed by atoms with E-state index < -0.39 is 11.9 Å². The molecule has 3 amide bonds. The molecule has 4 rings (SSSR count).